The van der Waals surface area contributed by atoms with E-state index in [-0.39, 0.29) is 25.2 Å². The average Bonchev–Trinajstić information content (AvgIpc) is 3.22. The van der Waals surface area contributed by atoms with Gasteiger partial charge in [-0.3, -0.25) is 0 Å². The number of urea groups is 1. The van der Waals surface area contributed by atoms with Crippen molar-refractivity contribution in [1.29, 1.82) is 0 Å². The molecule has 1 saturated heterocycles. The van der Waals surface area contributed by atoms with Gasteiger partial charge in [-0.1, -0.05) is 54.6 Å². The number of hydrogen-bond acceptors (Lipinski definition) is 4. The van der Waals surface area contributed by atoms with Crippen LogP contribution in [0.2, 0.25) is 0 Å². The summed E-state index contributed by atoms with van der Waals surface area (Å²) in [6, 6.07) is 22.2. The molecule has 1 aliphatic heterocycles. The Labute approximate surface area is 245 Å². The molecule has 0 bridgehead atoms. The number of hydrogen-bond donors (Lipinski definition) is 0. The van der Waals surface area contributed by atoms with Crippen LogP contribution >= 0.6 is 0 Å². The maximum atomic E-state index is 12.9. The van der Waals surface area contributed by atoms with Gasteiger partial charge < -0.3 is 19.3 Å². The fourth-order valence-electron chi connectivity index (χ4n) is 5.21. The number of carbonyl (C=O) groups is 2. The molecule has 4 rings (SSSR count). The topological polar surface area (TPSA) is 59.1 Å². The van der Waals surface area contributed by atoms with Crippen LogP contribution in [0.3, 0.4) is 0 Å². The van der Waals surface area contributed by atoms with E-state index in [0.29, 0.717) is 24.3 Å². The molecule has 0 spiro atoms. The van der Waals surface area contributed by atoms with Crippen LogP contribution in [-0.2, 0) is 35.1 Å². The zero-order valence-corrected chi connectivity index (χ0v) is 24.2. The van der Waals surface area contributed by atoms with Crippen LogP contribution in [0.4, 0.5) is 18.0 Å². The number of nitrogens with zero attached hydrogens (tertiary/aromatic N) is 2. The number of alkyl halides is 3. The smallest absolute Gasteiger partial charge is 0.416 e. The van der Waals surface area contributed by atoms with E-state index in [2.05, 4.69) is 0 Å². The van der Waals surface area contributed by atoms with Gasteiger partial charge in [0.2, 0.25) is 5.60 Å². The highest BCUT2D eigenvalue weighted by Gasteiger charge is 2.38. The van der Waals surface area contributed by atoms with Crippen LogP contribution in [0.1, 0.15) is 48.9 Å². The lowest BCUT2D eigenvalue weighted by Gasteiger charge is -2.28. The Kier molecular flexibility index (Phi) is 9.81. The van der Waals surface area contributed by atoms with E-state index in [1.165, 1.54) is 12.1 Å². The van der Waals surface area contributed by atoms with Crippen LogP contribution in [0, 0.1) is 0 Å². The van der Waals surface area contributed by atoms with Crippen LogP contribution in [0.25, 0.3) is 0 Å². The van der Waals surface area contributed by atoms with Gasteiger partial charge in [0.15, 0.2) is 0 Å². The van der Waals surface area contributed by atoms with Gasteiger partial charge in [-0.15, -0.1) is 0 Å². The number of benzene rings is 3. The van der Waals surface area contributed by atoms with Crippen LogP contribution in [0.5, 0.6) is 5.75 Å². The largest absolute Gasteiger partial charge is 0.476 e. The van der Waals surface area contributed by atoms with Crippen molar-refractivity contribution in [2.75, 3.05) is 20.2 Å². The number of amides is 2. The Balaban J connectivity index is 1.29. The maximum absolute atomic E-state index is 12.9. The zero-order valence-electron chi connectivity index (χ0n) is 24.2. The first-order valence-electron chi connectivity index (χ1n) is 14.2. The summed E-state index contributed by atoms with van der Waals surface area (Å²) in [5.41, 5.74) is 0.888. The van der Waals surface area contributed by atoms with E-state index < -0.39 is 23.3 Å². The molecule has 0 radical (unpaired) electrons. The number of carbonyl (C=O) groups excluding carboxylic acids is 2. The summed E-state index contributed by atoms with van der Waals surface area (Å²) in [7, 11) is 1.77. The highest BCUT2D eigenvalue weighted by molar-refractivity contribution is 5.80. The summed E-state index contributed by atoms with van der Waals surface area (Å²) in [6.07, 6.45) is -1.53. The molecule has 1 heterocycles. The van der Waals surface area contributed by atoms with E-state index in [1.807, 2.05) is 54.6 Å². The quantitative estimate of drug-likeness (QED) is 0.218. The van der Waals surface area contributed by atoms with Gasteiger partial charge in [0.05, 0.1) is 18.2 Å². The molecule has 6 nitrogen and oxygen atoms in total. The van der Waals surface area contributed by atoms with Gasteiger partial charge in [0.25, 0.3) is 0 Å². The number of halogens is 3. The predicted molar refractivity (Wildman–Crippen MR) is 154 cm³/mol. The Morgan fingerprint density at radius 1 is 0.929 bits per heavy atom. The van der Waals surface area contributed by atoms with E-state index in [4.69, 9.17) is 9.47 Å². The van der Waals surface area contributed by atoms with Gasteiger partial charge in [-0.2, -0.15) is 13.2 Å². The molecule has 0 aliphatic carbocycles. The summed E-state index contributed by atoms with van der Waals surface area (Å²) < 4.78 is 50.0. The van der Waals surface area contributed by atoms with Gasteiger partial charge in [0.1, 0.15) is 5.75 Å². The Morgan fingerprint density at radius 2 is 1.55 bits per heavy atom. The number of rotatable bonds is 12. The fraction of sp³-hybridized carbons (Fsp3) is 0.394. The standard InChI is InChI=1S/C33H37F3N2O4/c1-4-41-30(39)32(2,42-29-11-6-5-7-12-29)21-25-15-13-24(14-16-25)9-8-10-28-23-38(31(40)37(28)3)22-26-17-19-27(20-18-26)33(34,35)36/h5-7,11-20,28H,4,8-10,21-23H2,1-3H3/t28-,32-/m0/s1. The maximum Gasteiger partial charge on any atom is 0.416 e. The summed E-state index contributed by atoms with van der Waals surface area (Å²) in [6.45, 7) is 4.58. The minimum Gasteiger partial charge on any atom is -0.476 e. The van der Waals surface area contributed by atoms with Crippen molar-refractivity contribution in [1.82, 2.24) is 9.80 Å². The van der Waals surface area contributed by atoms with Crippen molar-refractivity contribution >= 4 is 12.0 Å². The van der Waals surface area contributed by atoms with Crippen LogP contribution < -0.4 is 4.74 Å². The second-order valence-electron chi connectivity index (χ2n) is 10.9. The molecular formula is C33H37F3N2O4. The highest BCUT2D eigenvalue weighted by Crippen LogP contribution is 2.30. The van der Waals surface area contributed by atoms with E-state index in [1.54, 1.807) is 30.7 Å². The van der Waals surface area contributed by atoms with E-state index >= 15 is 0 Å². The van der Waals surface area contributed by atoms with Crippen molar-refractivity contribution in [3.8, 4) is 5.75 Å². The summed E-state index contributed by atoms with van der Waals surface area (Å²) in [4.78, 5) is 29.0. The number of esters is 1. The first kappa shape index (κ1) is 30.9. The zero-order chi connectivity index (χ0) is 30.3. The van der Waals surface area contributed by atoms with Crippen molar-refractivity contribution < 1.29 is 32.2 Å². The molecule has 3 aromatic rings. The molecule has 0 aromatic heterocycles. The number of aryl methyl sites for hydroxylation is 1. The summed E-state index contributed by atoms with van der Waals surface area (Å²) in [5.74, 6) is 0.179. The third-order valence-electron chi connectivity index (χ3n) is 7.57. The van der Waals surface area contributed by atoms with Crippen molar-refractivity contribution in [3.05, 3.63) is 101 Å². The van der Waals surface area contributed by atoms with Crippen LogP contribution in [-0.4, -0.2) is 53.6 Å². The Bertz CT molecular complexity index is 1330. The minimum absolute atomic E-state index is 0.0339. The third-order valence-corrected chi connectivity index (χ3v) is 7.57. The van der Waals surface area contributed by atoms with Gasteiger partial charge in [-0.25, -0.2) is 9.59 Å². The monoisotopic (exact) mass is 582 g/mol. The second-order valence-corrected chi connectivity index (χ2v) is 10.9. The van der Waals surface area contributed by atoms with Crippen molar-refractivity contribution in [2.45, 2.75) is 63.9 Å². The first-order chi connectivity index (χ1) is 20.0. The number of para-hydroxylation sites is 1. The van der Waals surface area contributed by atoms with E-state index in [0.717, 1.165) is 42.5 Å². The molecule has 1 fully saturated rings. The van der Waals surface area contributed by atoms with Crippen molar-refractivity contribution in [2.24, 2.45) is 0 Å². The third kappa shape index (κ3) is 7.84. The molecule has 3 aromatic carbocycles. The van der Waals surface area contributed by atoms with E-state index in [9.17, 15) is 22.8 Å². The Hall–Kier alpha value is -4.01. The predicted octanol–water partition coefficient (Wildman–Crippen LogP) is 6.91. The van der Waals surface area contributed by atoms with Gasteiger partial charge in [0, 0.05) is 26.6 Å². The average molecular weight is 583 g/mol. The SMILES string of the molecule is CCOC(=O)[C@](C)(Cc1ccc(CCC[C@H]2CN(Cc3ccc(C(F)(F)F)cc3)C(=O)N2C)cc1)Oc1ccccc1. The molecule has 224 valence electrons. The molecule has 0 N–H and O–H groups in total. The van der Waals surface area contributed by atoms with Crippen LogP contribution in [0.15, 0.2) is 78.9 Å². The van der Waals surface area contributed by atoms with Gasteiger partial charge >= 0.3 is 18.2 Å². The Morgan fingerprint density at radius 3 is 2.17 bits per heavy atom. The lowest BCUT2D eigenvalue weighted by atomic mass is 9.94. The lowest BCUT2D eigenvalue weighted by molar-refractivity contribution is -0.160. The second kappa shape index (κ2) is 13.3. The molecular weight excluding hydrogens is 545 g/mol. The lowest BCUT2D eigenvalue weighted by Crippen LogP contribution is -2.45. The van der Waals surface area contributed by atoms with Gasteiger partial charge in [-0.05, 0) is 74.1 Å². The normalized spacial score (nSPS) is 16.8. The molecule has 0 unspecified atom stereocenters. The molecule has 42 heavy (non-hydrogen) atoms. The summed E-state index contributed by atoms with van der Waals surface area (Å²) >= 11 is 0. The first-order valence-corrected chi connectivity index (χ1v) is 14.2. The molecule has 1 aliphatic rings. The molecule has 2 atom stereocenters. The number of ether oxygens (including phenoxy) is 2. The van der Waals surface area contributed by atoms with Crippen molar-refractivity contribution in [3.63, 3.8) is 0 Å². The molecule has 2 amide bonds. The fourth-order valence-corrected chi connectivity index (χ4v) is 5.21. The minimum atomic E-state index is -4.38. The molecule has 9 heteroatoms. The highest BCUT2D eigenvalue weighted by atomic mass is 19.4. The molecule has 0 saturated carbocycles. The number of likely N-dealkylation sites (N-methyl/N-ethyl adjacent to an activating group) is 1. The summed E-state index contributed by atoms with van der Waals surface area (Å²) in [5, 5.41) is 0.